The number of carbonyl (C=O) groups excluding carboxylic acids is 1. The van der Waals surface area contributed by atoms with E-state index in [1.54, 1.807) is 0 Å². The van der Waals surface area contributed by atoms with Gasteiger partial charge in [-0.05, 0) is 48.1 Å². The number of ether oxygens (including phenoxy) is 1. The van der Waals surface area contributed by atoms with E-state index in [4.69, 9.17) is 9.84 Å². The molecule has 4 nitrogen and oxygen atoms in total. The van der Waals surface area contributed by atoms with Crippen molar-refractivity contribution in [3.63, 3.8) is 0 Å². The van der Waals surface area contributed by atoms with Crippen LogP contribution in [0.5, 0.6) is 0 Å². The summed E-state index contributed by atoms with van der Waals surface area (Å²) in [6.07, 6.45) is 2.08. The molecule has 0 unspecified atom stereocenters. The lowest BCUT2D eigenvalue weighted by atomic mass is 9.96. The molecule has 4 aromatic rings. The SMILES string of the molecule is Cc1ccc(C(=O)c2nn(CC3CCOCC3)c3ccccc23)c2ccccc12. The molecule has 3 aromatic carbocycles. The van der Waals surface area contributed by atoms with Gasteiger partial charge < -0.3 is 4.74 Å². The Balaban J connectivity index is 1.60. The number of carbonyl (C=O) groups is 1. The maximum absolute atomic E-state index is 13.6. The summed E-state index contributed by atoms with van der Waals surface area (Å²) in [5, 5.41) is 7.84. The Morgan fingerprint density at radius 2 is 1.66 bits per heavy atom. The van der Waals surface area contributed by atoms with E-state index in [1.807, 2.05) is 53.2 Å². The Labute approximate surface area is 170 Å². The fraction of sp³-hybridized carbons (Fsp3) is 0.280. The first-order valence-electron chi connectivity index (χ1n) is 10.3. The van der Waals surface area contributed by atoms with Crippen LogP contribution in [0.3, 0.4) is 0 Å². The number of benzene rings is 3. The van der Waals surface area contributed by atoms with Crippen molar-refractivity contribution in [1.82, 2.24) is 9.78 Å². The van der Waals surface area contributed by atoms with Crippen LogP contribution in [-0.4, -0.2) is 28.8 Å². The van der Waals surface area contributed by atoms with Crippen molar-refractivity contribution in [3.05, 3.63) is 77.5 Å². The summed E-state index contributed by atoms with van der Waals surface area (Å²) in [7, 11) is 0. The summed E-state index contributed by atoms with van der Waals surface area (Å²) < 4.78 is 7.52. The van der Waals surface area contributed by atoms with Gasteiger partial charge in [0.25, 0.3) is 0 Å². The lowest BCUT2D eigenvalue weighted by molar-refractivity contribution is 0.0605. The van der Waals surface area contributed by atoms with Crippen molar-refractivity contribution in [3.8, 4) is 0 Å². The van der Waals surface area contributed by atoms with Crippen LogP contribution in [0, 0.1) is 12.8 Å². The number of hydrogen-bond acceptors (Lipinski definition) is 3. The molecule has 0 N–H and O–H groups in total. The van der Waals surface area contributed by atoms with Gasteiger partial charge in [0, 0.05) is 30.7 Å². The number of hydrogen-bond donors (Lipinski definition) is 0. The van der Waals surface area contributed by atoms with E-state index in [0.717, 1.165) is 54.3 Å². The average molecular weight is 384 g/mol. The summed E-state index contributed by atoms with van der Waals surface area (Å²) in [5.41, 5.74) is 3.46. The van der Waals surface area contributed by atoms with E-state index in [2.05, 4.69) is 19.1 Å². The molecule has 146 valence electrons. The molecule has 0 spiro atoms. The Bertz CT molecular complexity index is 1200. The minimum atomic E-state index is -0.0110. The molecular formula is C25H24N2O2. The van der Waals surface area contributed by atoms with E-state index in [9.17, 15) is 4.79 Å². The van der Waals surface area contributed by atoms with Crippen LogP contribution in [0.2, 0.25) is 0 Å². The van der Waals surface area contributed by atoms with Gasteiger partial charge in [0.2, 0.25) is 5.78 Å². The summed E-state index contributed by atoms with van der Waals surface area (Å²) in [6.45, 7) is 4.52. The van der Waals surface area contributed by atoms with Gasteiger partial charge in [-0.3, -0.25) is 9.48 Å². The molecular weight excluding hydrogens is 360 g/mol. The minimum Gasteiger partial charge on any atom is -0.381 e. The third kappa shape index (κ3) is 3.23. The second kappa shape index (κ2) is 7.45. The molecule has 4 heteroatoms. The lowest BCUT2D eigenvalue weighted by Gasteiger charge is -2.22. The highest BCUT2D eigenvalue weighted by atomic mass is 16.5. The van der Waals surface area contributed by atoms with Gasteiger partial charge in [-0.1, -0.05) is 54.6 Å². The molecule has 1 aliphatic rings. The predicted molar refractivity (Wildman–Crippen MR) is 115 cm³/mol. The standard InChI is InChI=1S/C25H24N2O2/c1-17-10-11-21(20-7-3-2-6-19(17)20)25(28)24-22-8-4-5-9-23(22)27(26-24)16-18-12-14-29-15-13-18/h2-11,18H,12-16H2,1H3. The molecule has 1 aromatic heterocycles. The van der Waals surface area contributed by atoms with Gasteiger partial charge in [0.1, 0.15) is 5.69 Å². The van der Waals surface area contributed by atoms with Crippen molar-refractivity contribution in [2.75, 3.05) is 13.2 Å². The van der Waals surface area contributed by atoms with Crippen molar-refractivity contribution >= 4 is 27.5 Å². The summed E-state index contributed by atoms with van der Waals surface area (Å²) >= 11 is 0. The molecule has 0 atom stereocenters. The maximum atomic E-state index is 13.6. The smallest absolute Gasteiger partial charge is 0.214 e. The molecule has 2 heterocycles. The first-order valence-corrected chi connectivity index (χ1v) is 10.3. The molecule has 1 saturated heterocycles. The monoisotopic (exact) mass is 384 g/mol. The molecule has 0 radical (unpaired) electrons. The fourth-order valence-electron chi connectivity index (χ4n) is 4.38. The van der Waals surface area contributed by atoms with E-state index < -0.39 is 0 Å². The van der Waals surface area contributed by atoms with E-state index in [0.29, 0.717) is 17.2 Å². The molecule has 5 rings (SSSR count). The third-order valence-electron chi connectivity index (χ3n) is 6.03. The zero-order chi connectivity index (χ0) is 19.8. The van der Waals surface area contributed by atoms with E-state index >= 15 is 0 Å². The number of nitrogens with zero attached hydrogens (tertiary/aromatic N) is 2. The molecule has 0 saturated carbocycles. The van der Waals surface area contributed by atoms with Gasteiger partial charge in [-0.2, -0.15) is 5.10 Å². The topological polar surface area (TPSA) is 44.1 Å². The molecule has 0 bridgehead atoms. The molecule has 0 aliphatic carbocycles. The molecule has 1 fully saturated rings. The Morgan fingerprint density at radius 1 is 0.966 bits per heavy atom. The van der Waals surface area contributed by atoms with Crippen LogP contribution in [0.1, 0.15) is 34.5 Å². The quantitative estimate of drug-likeness (QED) is 0.457. The number of aryl methyl sites for hydroxylation is 1. The van der Waals surface area contributed by atoms with Crippen LogP contribution in [-0.2, 0) is 11.3 Å². The second-order valence-corrected chi connectivity index (χ2v) is 7.91. The van der Waals surface area contributed by atoms with Gasteiger partial charge >= 0.3 is 0 Å². The van der Waals surface area contributed by atoms with Crippen LogP contribution >= 0.6 is 0 Å². The summed E-state index contributed by atoms with van der Waals surface area (Å²) in [4.78, 5) is 13.6. The van der Waals surface area contributed by atoms with Crippen LogP contribution < -0.4 is 0 Å². The lowest BCUT2D eigenvalue weighted by Crippen LogP contribution is -2.21. The second-order valence-electron chi connectivity index (χ2n) is 7.91. The number of rotatable bonds is 4. The average Bonchev–Trinajstić information content (AvgIpc) is 3.13. The number of aromatic nitrogens is 2. The van der Waals surface area contributed by atoms with Crippen molar-refractivity contribution in [1.29, 1.82) is 0 Å². The van der Waals surface area contributed by atoms with Crippen LogP contribution in [0.4, 0.5) is 0 Å². The van der Waals surface area contributed by atoms with Gasteiger partial charge in [0.05, 0.1) is 5.52 Å². The predicted octanol–water partition coefficient (Wildman–Crippen LogP) is 5.16. The van der Waals surface area contributed by atoms with E-state index in [-0.39, 0.29) is 5.78 Å². The van der Waals surface area contributed by atoms with Crippen LogP contribution in [0.25, 0.3) is 21.7 Å². The highest BCUT2D eigenvalue weighted by molar-refractivity contribution is 6.20. The Kier molecular flexibility index (Phi) is 4.64. The fourth-order valence-corrected chi connectivity index (χ4v) is 4.38. The zero-order valence-corrected chi connectivity index (χ0v) is 16.6. The van der Waals surface area contributed by atoms with Crippen molar-refractivity contribution < 1.29 is 9.53 Å². The first kappa shape index (κ1) is 18.1. The van der Waals surface area contributed by atoms with Gasteiger partial charge in [0.15, 0.2) is 0 Å². The summed E-state index contributed by atoms with van der Waals surface area (Å²) in [5.74, 6) is 0.526. The largest absolute Gasteiger partial charge is 0.381 e. The van der Waals surface area contributed by atoms with Gasteiger partial charge in [-0.15, -0.1) is 0 Å². The summed E-state index contributed by atoms with van der Waals surface area (Å²) in [6, 6.07) is 20.1. The molecule has 0 amide bonds. The zero-order valence-electron chi connectivity index (χ0n) is 16.6. The van der Waals surface area contributed by atoms with Crippen molar-refractivity contribution in [2.45, 2.75) is 26.3 Å². The molecule has 29 heavy (non-hydrogen) atoms. The highest BCUT2D eigenvalue weighted by Gasteiger charge is 2.22. The Hall–Kier alpha value is -2.98. The number of fused-ring (bicyclic) bond motifs is 2. The van der Waals surface area contributed by atoms with Gasteiger partial charge in [-0.25, -0.2) is 0 Å². The molecule has 1 aliphatic heterocycles. The third-order valence-corrected chi connectivity index (χ3v) is 6.03. The van der Waals surface area contributed by atoms with Crippen molar-refractivity contribution in [2.24, 2.45) is 5.92 Å². The Morgan fingerprint density at radius 3 is 2.45 bits per heavy atom. The maximum Gasteiger partial charge on any atom is 0.214 e. The van der Waals surface area contributed by atoms with Crippen LogP contribution in [0.15, 0.2) is 60.7 Å². The normalized spacial score (nSPS) is 15.2. The number of ketones is 1. The highest BCUT2D eigenvalue weighted by Crippen LogP contribution is 2.28. The minimum absolute atomic E-state index is 0.0110. The van der Waals surface area contributed by atoms with E-state index in [1.165, 1.54) is 5.56 Å². The number of para-hydroxylation sites is 1. The first-order chi connectivity index (χ1) is 14.2.